The Labute approximate surface area is 169 Å². The van der Waals surface area contributed by atoms with Crippen molar-refractivity contribution in [1.29, 1.82) is 0 Å². The fourth-order valence-corrected chi connectivity index (χ4v) is 3.38. The summed E-state index contributed by atoms with van der Waals surface area (Å²) in [7, 11) is 3.52. The van der Waals surface area contributed by atoms with Gasteiger partial charge in [0, 0.05) is 38.3 Å². The number of ether oxygens (including phenoxy) is 1. The van der Waals surface area contributed by atoms with E-state index in [4.69, 9.17) is 4.74 Å². The van der Waals surface area contributed by atoms with E-state index in [0.717, 1.165) is 36.4 Å². The molecule has 25 heavy (non-hydrogen) atoms. The SMILES string of the molecule is CCC1CCCCN1CCNC(=NC)NCc1ccccc1OC.I. The molecule has 1 aliphatic rings. The van der Waals surface area contributed by atoms with Crippen LogP contribution in [0.1, 0.15) is 38.2 Å². The molecule has 6 heteroatoms. The molecule has 2 rings (SSSR count). The number of rotatable bonds is 7. The second-order valence-corrected chi connectivity index (χ2v) is 6.26. The average Bonchev–Trinajstić information content (AvgIpc) is 2.65. The van der Waals surface area contributed by atoms with Crippen LogP contribution in [0.25, 0.3) is 0 Å². The van der Waals surface area contributed by atoms with E-state index in [1.807, 2.05) is 25.2 Å². The molecule has 0 saturated carbocycles. The number of halogens is 1. The molecule has 0 radical (unpaired) electrons. The summed E-state index contributed by atoms with van der Waals surface area (Å²) in [5.74, 6) is 1.74. The van der Waals surface area contributed by atoms with E-state index in [1.165, 1.54) is 32.2 Å². The lowest BCUT2D eigenvalue weighted by Crippen LogP contribution is -2.45. The number of para-hydroxylation sites is 1. The largest absolute Gasteiger partial charge is 0.496 e. The van der Waals surface area contributed by atoms with Crippen LogP contribution in [-0.2, 0) is 6.54 Å². The number of guanidine groups is 1. The number of likely N-dealkylation sites (tertiary alicyclic amines) is 1. The Morgan fingerprint density at radius 3 is 2.80 bits per heavy atom. The molecule has 1 aromatic carbocycles. The quantitative estimate of drug-likeness (QED) is 0.373. The second-order valence-electron chi connectivity index (χ2n) is 6.26. The van der Waals surface area contributed by atoms with E-state index in [9.17, 15) is 0 Å². The lowest BCUT2D eigenvalue weighted by molar-refractivity contribution is 0.147. The van der Waals surface area contributed by atoms with Crippen LogP contribution >= 0.6 is 24.0 Å². The third-order valence-corrected chi connectivity index (χ3v) is 4.77. The van der Waals surface area contributed by atoms with Crippen molar-refractivity contribution in [2.24, 2.45) is 4.99 Å². The predicted molar refractivity (Wildman–Crippen MR) is 116 cm³/mol. The van der Waals surface area contributed by atoms with Gasteiger partial charge in [-0.25, -0.2) is 0 Å². The maximum absolute atomic E-state index is 5.39. The summed E-state index contributed by atoms with van der Waals surface area (Å²) in [5.41, 5.74) is 1.13. The Balaban J connectivity index is 0.00000312. The van der Waals surface area contributed by atoms with Gasteiger partial charge in [-0.1, -0.05) is 31.5 Å². The number of aliphatic imine (C=N–C) groups is 1. The molecule has 0 aliphatic carbocycles. The lowest BCUT2D eigenvalue weighted by atomic mass is 10.0. The van der Waals surface area contributed by atoms with Gasteiger partial charge < -0.3 is 15.4 Å². The molecule has 1 aromatic rings. The minimum Gasteiger partial charge on any atom is -0.496 e. The first-order valence-electron chi connectivity index (χ1n) is 9.09. The van der Waals surface area contributed by atoms with E-state index in [2.05, 4.69) is 33.5 Å². The summed E-state index contributed by atoms with van der Waals surface area (Å²) in [4.78, 5) is 6.93. The molecule has 142 valence electrons. The van der Waals surface area contributed by atoms with E-state index in [-0.39, 0.29) is 24.0 Å². The first-order valence-corrected chi connectivity index (χ1v) is 9.09. The average molecular weight is 460 g/mol. The fraction of sp³-hybridized carbons (Fsp3) is 0.632. The Kier molecular flexibility index (Phi) is 10.9. The van der Waals surface area contributed by atoms with Crippen LogP contribution in [0.5, 0.6) is 5.75 Å². The molecule has 0 amide bonds. The Morgan fingerprint density at radius 1 is 1.28 bits per heavy atom. The molecule has 2 N–H and O–H groups in total. The molecule has 1 heterocycles. The summed E-state index contributed by atoms with van der Waals surface area (Å²) in [5, 5.41) is 6.79. The van der Waals surface area contributed by atoms with Crippen LogP contribution in [0.4, 0.5) is 0 Å². The standard InChI is InChI=1S/C19H32N4O.HI/c1-4-17-10-7-8-13-23(17)14-12-21-19(20-2)22-15-16-9-5-6-11-18(16)24-3;/h5-6,9,11,17H,4,7-8,10,12-15H2,1-3H3,(H2,20,21,22);1H. The van der Waals surface area contributed by atoms with Gasteiger partial charge >= 0.3 is 0 Å². The summed E-state index contributed by atoms with van der Waals surface area (Å²) in [6.07, 6.45) is 5.31. The van der Waals surface area contributed by atoms with Crippen LogP contribution < -0.4 is 15.4 Å². The summed E-state index contributed by atoms with van der Waals surface area (Å²) >= 11 is 0. The highest BCUT2D eigenvalue weighted by molar-refractivity contribution is 14.0. The Morgan fingerprint density at radius 2 is 2.08 bits per heavy atom. The van der Waals surface area contributed by atoms with Gasteiger partial charge in [-0.15, -0.1) is 24.0 Å². The molecule has 1 aliphatic heterocycles. The van der Waals surface area contributed by atoms with Crippen molar-refractivity contribution in [2.45, 2.75) is 45.2 Å². The van der Waals surface area contributed by atoms with Crippen molar-refractivity contribution in [3.05, 3.63) is 29.8 Å². The highest BCUT2D eigenvalue weighted by Crippen LogP contribution is 2.18. The zero-order valence-corrected chi connectivity index (χ0v) is 18.1. The topological polar surface area (TPSA) is 48.9 Å². The first kappa shape index (κ1) is 22.0. The molecule has 0 bridgehead atoms. The first-order chi connectivity index (χ1) is 11.8. The highest BCUT2D eigenvalue weighted by atomic mass is 127. The number of hydrogen-bond donors (Lipinski definition) is 2. The van der Waals surface area contributed by atoms with Gasteiger partial charge in [-0.05, 0) is 31.9 Å². The van der Waals surface area contributed by atoms with Gasteiger partial charge in [0.05, 0.1) is 7.11 Å². The van der Waals surface area contributed by atoms with Gasteiger partial charge in [0.1, 0.15) is 5.75 Å². The zero-order chi connectivity index (χ0) is 17.2. The minimum absolute atomic E-state index is 0. The van der Waals surface area contributed by atoms with Crippen LogP contribution in [0.3, 0.4) is 0 Å². The number of nitrogens with one attached hydrogen (secondary N) is 2. The normalized spacial score (nSPS) is 18.4. The predicted octanol–water partition coefficient (Wildman–Crippen LogP) is 3.24. The third kappa shape index (κ3) is 7.01. The molecular weight excluding hydrogens is 427 g/mol. The van der Waals surface area contributed by atoms with Crippen molar-refractivity contribution in [3.8, 4) is 5.75 Å². The Hall–Kier alpha value is -1.02. The monoisotopic (exact) mass is 460 g/mol. The summed E-state index contributed by atoms with van der Waals surface area (Å²) in [6.45, 7) is 6.22. The Bertz CT molecular complexity index is 524. The van der Waals surface area contributed by atoms with Crippen LogP contribution in [0, 0.1) is 0 Å². The van der Waals surface area contributed by atoms with Crippen molar-refractivity contribution in [2.75, 3.05) is 33.8 Å². The number of methoxy groups -OCH3 is 1. The third-order valence-electron chi connectivity index (χ3n) is 4.77. The van der Waals surface area contributed by atoms with E-state index >= 15 is 0 Å². The molecule has 0 spiro atoms. The van der Waals surface area contributed by atoms with Gasteiger partial charge in [-0.2, -0.15) is 0 Å². The second kappa shape index (κ2) is 12.4. The smallest absolute Gasteiger partial charge is 0.191 e. The van der Waals surface area contributed by atoms with Gasteiger partial charge in [0.2, 0.25) is 0 Å². The lowest BCUT2D eigenvalue weighted by Gasteiger charge is -2.35. The van der Waals surface area contributed by atoms with Crippen LogP contribution in [0.2, 0.25) is 0 Å². The molecule has 5 nitrogen and oxygen atoms in total. The van der Waals surface area contributed by atoms with E-state index in [0.29, 0.717) is 6.54 Å². The molecule has 1 fully saturated rings. The van der Waals surface area contributed by atoms with E-state index < -0.39 is 0 Å². The number of piperidine rings is 1. The number of nitrogens with zero attached hydrogens (tertiary/aromatic N) is 2. The molecular formula is C19H33IN4O. The van der Waals surface area contributed by atoms with E-state index in [1.54, 1.807) is 7.11 Å². The maximum Gasteiger partial charge on any atom is 0.191 e. The van der Waals surface area contributed by atoms with Crippen molar-refractivity contribution in [1.82, 2.24) is 15.5 Å². The summed E-state index contributed by atoms with van der Waals surface area (Å²) < 4.78 is 5.39. The molecule has 1 atom stereocenters. The number of hydrogen-bond acceptors (Lipinski definition) is 3. The molecule has 1 unspecified atom stereocenters. The van der Waals surface area contributed by atoms with Gasteiger partial charge in [0.15, 0.2) is 5.96 Å². The molecule has 1 saturated heterocycles. The van der Waals surface area contributed by atoms with Crippen molar-refractivity contribution in [3.63, 3.8) is 0 Å². The van der Waals surface area contributed by atoms with Crippen molar-refractivity contribution >= 4 is 29.9 Å². The van der Waals surface area contributed by atoms with Gasteiger partial charge in [-0.3, -0.25) is 9.89 Å². The fourth-order valence-electron chi connectivity index (χ4n) is 3.38. The van der Waals surface area contributed by atoms with Gasteiger partial charge in [0.25, 0.3) is 0 Å². The summed E-state index contributed by atoms with van der Waals surface area (Å²) in [6, 6.07) is 8.81. The van der Waals surface area contributed by atoms with Crippen LogP contribution in [-0.4, -0.2) is 50.7 Å². The minimum atomic E-state index is 0. The van der Waals surface area contributed by atoms with Crippen molar-refractivity contribution < 1.29 is 4.74 Å². The van der Waals surface area contributed by atoms with Crippen LogP contribution in [0.15, 0.2) is 29.3 Å². The zero-order valence-electron chi connectivity index (χ0n) is 15.8. The maximum atomic E-state index is 5.39. The number of benzene rings is 1. The highest BCUT2D eigenvalue weighted by Gasteiger charge is 2.19. The molecule has 0 aromatic heterocycles.